The van der Waals surface area contributed by atoms with Crippen LogP contribution in [0.3, 0.4) is 0 Å². The number of rotatable bonds is 8. The molecule has 0 aromatic heterocycles. The summed E-state index contributed by atoms with van der Waals surface area (Å²) in [6, 6.07) is 9.41. The van der Waals surface area contributed by atoms with Crippen molar-refractivity contribution in [3.63, 3.8) is 0 Å². The molecule has 0 saturated heterocycles. The second kappa shape index (κ2) is 10.5. The Hall–Kier alpha value is -3.62. The van der Waals surface area contributed by atoms with Crippen LogP contribution in [0.1, 0.15) is 51.5 Å². The molecule has 2 heterocycles. The summed E-state index contributed by atoms with van der Waals surface area (Å²) < 4.78 is 29.5. The fourth-order valence-electron chi connectivity index (χ4n) is 4.04. The van der Waals surface area contributed by atoms with Crippen LogP contribution in [0.15, 0.2) is 65.5 Å². The summed E-state index contributed by atoms with van der Waals surface area (Å²) in [5.41, 5.74) is 0.937. The van der Waals surface area contributed by atoms with Crippen LogP contribution in [0.5, 0.6) is 0 Å². The fourth-order valence-corrected chi connectivity index (χ4v) is 4.04. The molecule has 0 spiro atoms. The molecule has 1 unspecified atom stereocenters. The van der Waals surface area contributed by atoms with Gasteiger partial charge in [0.1, 0.15) is 12.9 Å². The van der Waals surface area contributed by atoms with Crippen LogP contribution in [0, 0.1) is 5.92 Å². The molecule has 2 aliphatic heterocycles. The van der Waals surface area contributed by atoms with Crippen molar-refractivity contribution in [1.82, 2.24) is 5.32 Å². The highest BCUT2D eigenvalue weighted by Gasteiger charge is 2.40. The van der Waals surface area contributed by atoms with Gasteiger partial charge >= 0.3 is 11.9 Å². The zero-order valence-corrected chi connectivity index (χ0v) is 19.2. The number of amides is 1. The molecule has 2 atom stereocenters. The molecule has 1 aromatic rings. The Kier molecular flexibility index (Phi) is 7.30. The predicted octanol–water partition coefficient (Wildman–Crippen LogP) is 4.03. The number of aliphatic carboxylic acids is 1. The van der Waals surface area contributed by atoms with E-state index in [0.29, 0.717) is 0 Å². The molecule has 1 aromatic carbocycles. The molecule has 1 saturated carbocycles. The van der Waals surface area contributed by atoms with Crippen molar-refractivity contribution in [2.45, 2.75) is 65.0 Å². The van der Waals surface area contributed by atoms with E-state index in [9.17, 15) is 14.7 Å². The van der Waals surface area contributed by atoms with Gasteiger partial charge in [0, 0.05) is 12.8 Å². The summed E-state index contributed by atoms with van der Waals surface area (Å²) in [7, 11) is 0. The summed E-state index contributed by atoms with van der Waals surface area (Å²) in [5, 5.41) is 12.1. The number of carboxylic acid groups (broad SMARTS) is 1. The van der Waals surface area contributed by atoms with Crippen LogP contribution in [0.2, 0.25) is 0 Å². The van der Waals surface area contributed by atoms with Crippen molar-refractivity contribution in [2.75, 3.05) is 0 Å². The summed E-state index contributed by atoms with van der Waals surface area (Å²) in [6.07, 6.45) is 4.93. The number of nitrogens with one attached hydrogen (secondary N) is 1. The summed E-state index contributed by atoms with van der Waals surface area (Å²) in [6.45, 7) is 2.87. The third kappa shape index (κ3) is 5.47. The molecule has 0 bridgehead atoms. The Labute approximate surface area is 198 Å². The SMILES string of the molecule is CC(=O)NC1=C(OCc2ccccc2)OC2=COC(C3CCCCC3)OC2=C1O[C@H](C)C(=O)O. The predicted molar refractivity (Wildman–Crippen MR) is 119 cm³/mol. The normalized spacial score (nSPS) is 21.2. The lowest BCUT2D eigenvalue weighted by Gasteiger charge is -2.36. The lowest BCUT2D eigenvalue weighted by molar-refractivity contribution is -0.152. The van der Waals surface area contributed by atoms with Crippen molar-refractivity contribution in [1.29, 1.82) is 0 Å². The first kappa shape index (κ1) is 23.5. The molecule has 9 heteroatoms. The molecule has 1 aliphatic carbocycles. The number of hydrogen-bond donors (Lipinski definition) is 2. The summed E-state index contributed by atoms with van der Waals surface area (Å²) in [4.78, 5) is 23.6. The van der Waals surface area contributed by atoms with Gasteiger partial charge in [-0.3, -0.25) is 4.79 Å². The maximum atomic E-state index is 12.0. The van der Waals surface area contributed by atoms with E-state index < -0.39 is 24.3 Å². The second-order valence-corrected chi connectivity index (χ2v) is 8.48. The second-order valence-electron chi connectivity index (χ2n) is 8.48. The first-order chi connectivity index (χ1) is 16.4. The Morgan fingerprint density at radius 3 is 2.59 bits per heavy atom. The van der Waals surface area contributed by atoms with E-state index in [1.54, 1.807) is 0 Å². The maximum absolute atomic E-state index is 12.0. The van der Waals surface area contributed by atoms with Crippen molar-refractivity contribution < 1.29 is 38.4 Å². The van der Waals surface area contributed by atoms with E-state index in [1.807, 2.05) is 30.3 Å². The zero-order valence-electron chi connectivity index (χ0n) is 19.2. The minimum absolute atomic E-state index is 0.0229. The molecule has 3 aliphatic rings. The van der Waals surface area contributed by atoms with Crippen LogP contribution in [0.25, 0.3) is 0 Å². The average Bonchev–Trinajstić information content (AvgIpc) is 2.84. The fraction of sp³-hybridized carbons (Fsp3) is 0.440. The van der Waals surface area contributed by atoms with Gasteiger partial charge in [-0.05, 0) is 25.3 Å². The van der Waals surface area contributed by atoms with Crippen molar-refractivity contribution >= 4 is 11.9 Å². The number of ether oxygens (including phenoxy) is 5. The van der Waals surface area contributed by atoms with Gasteiger partial charge in [0.2, 0.25) is 23.7 Å². The van der Waals surface area contributed by atoms with E-state index >= 15 is 0 Å². The number of benzene rings is 1. The van der Waals surface area contributed by atoms with Gasteiger partial charge in [-0.2, -0.15) is 0 Å². The highest BCUT2D eigenvalue weighted by atomic mass is 16.7. The van der Waals surface area contributed by atoms with Crippen LogP contribution in [-0.4, -0.2) is 29.4 Å². The average molecular weight is 472 g/mol. The van der Waals surface area contributed by atoms with Gasteiger partial charge < -0.3 is 34.1 Å². The van der Waals surface area contributed by atoms with Gasteiger partial charge in [-0.15, -0.1) is 0 Å². The molecule has 34 heavy (non-hydrogen) atoms. The van der Waals surface area contributed by atoms with E-state index in [4.69, 9.17) is 23.7 Å². The van der Waals surface area contributed by atoms with Gasteiger partial charge in [-0.25, -0.2) is 4.79 Å². The Balaban J connectivity index is 1.70. The topological polar surface area (TPSA) is 113 Å². The molecule has 9 nitrogen and oxygen atoms in total. The zero-order chi connectivity index (χ0) is 24.1. The van der Waals surface area contributed by atoms with E-state index in [0.717, 1.165) is 31.2 Å². The van der Waals surface area contributed by atoms with E-state index in [-0.39, 0.29) is 41.4 Å². The van der Waals surface area contributed by atoms with Gasteiger partial charge in [-0.1, -0.05) is 49.6 Å². The Bertz CT molecular complexity index is 1010. The van der Waals surface area contributed by atoms with Crippen molar-refractivity contribution in [3.8, 4) is 0 Å². The lowest BCUT2D eigenvalue weighted by atomic mass is 9.88. The van der Waals surface area contributed by atoms with Crippen LogP contribution in [-0.2, 0) is 39.9 Å². The highest BCUT2D eigenvalue weighted by Crippen LogP contribution is 2.40. The number of carbonyl (C=O) groups is 2. The third-order valence-electron chi connectivity index (χ3n) is 5.80. The molecular weight excluding hydrogens is 442 g/mol. The molecule has 2 N–H and O–H groups in total. The highest BCUT2D eigenvalue weighted by molar-refractivity contribution is 5.76. The van der Waals surface area contributed by atoms with Crippen molar-refractivity contribution in [2.24, 2.45) is 5.92 Å². The van der Waals surface area contributed by atoms with Crippen LogP contribution >= 0.6 is 0 Å². The number of hydrogen-bond acceptors (Lipinski definition) is 7. The Morgan fingerprint density at radius 1 is 1.18 bits per heavy atom. The van der Waals surface area contributed by atoms with E-state index in [1.165, 1.54) is 26.5 Å². The summed E-state index contributed by atoms with van der Waals surface area (Å²) in [5.74, 6) is -1.08. The number of carboxylic acids is 1. The monoisotopic (exact) mass is 471 g/mol. The van der Waals surface area contributed by atoms with Crippen molar-refractivity contribution in [3.05, 3.63) is 71.1 Å². The number of carbonyl (C=O) groups excluding carboxylic acids is 1. The largest absolute Gasteiger partial charge is 0.479 e. The van der Waals surface area contributed by atoms with Gasteiger partial charge in [0.05, 0.1) is 0 Å². The minimum Gasteiger partial charge on any atom is -0.479 e. The molecule has 4 rings (SSSR count). The molecule has 0 radical (unpaired) electrons. The summed E-state index contributed by atoms with van der Waals surface area (Å²) >= 11 is 0. The lowest BCUT2D eigenvalue weighted by Crippen LogP contribution is -2.36. The molecule has 182 valence electrons. The standard InChI is InChI=1S/C25H29NO8/c1-15(23(28)29)32-22-20(26-16(2)27)25(30-13-17-9-5-3-6-10-17)33-19-14-31-24(34-21(19)22)18-11-7-4-8-12-18/h3,5-6,9-10,14-15,18,24H,4,7-8,11-13H2,1-2H3,(H,26,27)(H,28,29)/t15-,24?/m1/s1. The maximum Gasteiger partial charge on any atom is 0.344 e. The van der Waals surface area contributed by atoms with Crippen LogP contribution in [0.4, 0.5) is 0 Å². The molecule has 1 fully saturated rings. The van der Waals surface area contributed by atoms with E-state index in [2.05, 4.69) is 5.32 Å². The first-order valence-electron chi connectivity index (χ1n) is 11.5. The molecular formula is C25H29NO8. The quantitative estimate of drug-likeness (QED) is 0.584. The Morgan fingerprint density at radius 2 is 1.91 bits per heavy atom. The van der Waals surface area contributed by atoms with Gasteiger partial charge in [0.15, 0.2) is 17.6 Å². The smallest absolute Gasteiger partial charge is 0.344 e. The minimum atomic E-state index is -1.22. The number of fused-ring (bicyclic) bond motifs is 1. The third-order valence-corrected chi connectivity index (χ3v) is 5.80. The van der Waals surface area contributed by atoms with Gasteiger partial charge in [0.25, 0.3) is 0 Å². The first-order valence-corrected chi connectivity index (χ1v) is 11.5. The van der Waals surface area contributed by atoms with Crippen LogP contribution < -0.4 is 5.32 Å². The molecule has 1 amide bonds.